The summed E-state index contributed by atoms with van der Waals surface area (Å²) in [6.45, 7) is 0.934. The number of aldehydes is 1. The zero-order valence-corrected chi connectivity index (χ0v) is 22.4. The number of nitrogens with one attached hydrogen (secondary N) is 5. The predicted octanol–water partition coefficient (Wildman–Crippen LogP) is 1.01. The molecular formula is C22H36IN5O5S. The van der Waals surface area contributed by atoms with E-state index in [0.717, 1.165) is 37.7 Å². The van der Waals surface area contributed by atoms with E-state index in [4.69, 9.17) is 0 Å². The molecule has 0 aromatic carbocycles. The Kier molecular flexibility index (Phi) is 13.6. The van der Waals surface area contributed by atoms with Gasteiger partial charge in [-0.25, -0.2) is 4.79 Å². The number of hydrogen-bond acceptors (Lipinski definition) is 6. The Morgan fingerprint density at radius 3 is 2.62 bits per heavy atom. The summed E-state index contributed by atoms with van der Waals surface area (Å²) in [7, 11) is 0. The van der Waals surface area contributed by atoms with Crippen LogP contribution in [0.5, 0.6) is 0 Å². The van der Waals surface area contributed by atoms with Crippen LogP contribution in [-0.2, 0) is 19.2 Å². The number of hydrogen-bond donors (Lipinski definition) is 5. The second-order valence-corrected chi connectivity index (χ2v) is 10.6. The molecule has 2 rings (SSSR count). The van der Waals surface area contributed by atoms with Crippen molar-refractivity contribution in [2.75, 3.05) is 23.3 Å². The molecule has 0 radical (unpaired) electrons. The average molecular weight is 610 g/mol. The zero-order valence-electron chi connectivity index (χ0n) is 19.4. The second-order valence-electron chi connectivity index (χ2n) is 8.57. The molecule has 2 saturated heterocycles. The SMILES string of the molecule is O=CCCCNC(=O)C(CCCCNC(=O)CCCCC1SCC2NC(=O)NC21)NC(=O)CI. The Labute approximate surface area is 218 Å². The van der Waals surface area contributed by atoms with Gasteiger partial charge >= 0.3 is 6.03 Å². The molecule has 10 nitrogen and oxygen atoms in total. The molecule has 0 spiro atoms. The fourth-order valence-electron chi connectivity index (χ4n) is 4.09. The van der Waals surface area contributed by atoms with Crippen LogP contribution in [0.1, 0.15) is 57.8 Å². The van der Waals surface area contributed by atoms with E-state index in [1.165, 1.54) is 0 Å². The number of halogens is 1. The van der Waals surface area contributed by atoms with Crippen LogP contribution < -0.4 is 26.6 Å². The van der Waals surface area contributed by atoms with Gasteiger partial charge in [0.25, 0.3) is 0 Å². The van der Waals surface area contributed by atoms with Gasteiger partial charge in [0.05, 0.1) is 16.5 Å². The van der Waals surface area contributed by atoms with Crippen molar-refractivity contribution in [2.45, 2.75) is 81.2 Å². The largest absolute Gasteiger partial charge is 0.356 e. The molecule has 0 saturated carbocycles. The maximum atomic E-state index is 12.3. The lowest BCUT2D eigenvalue weighted by Gasteiger charge is -2.18. The molecule has 0 bridgehead atoms. The van der Waals surface area contributed by atoms with E-state index in [1.807, 2.05) is 34.4 Å². The van der Waals surface area contributed by atoms with Crippen molar-refractivity contribution in [2.24, 2.45) is 0 Å². The van der Waals surface area contributed by atoms with Gasteiger partial charge < -0.3 is 31.4 Å². The van der Waals surface area contributed by atoms with Gasteiger partial charge in [0.15, 0.2) is 0 Å². The molecular weight excluding hydrogens is 573 g/mol. The highest BCUT2D eigenvalue weighted by Gasteiger charge is 2.42. The smallest absolute Gasteiger partial charge is 0.315 e. The predicted molar refractivity (Wildman–Crippen MR) is 140 cm³/mol. The zero-order chi connectivity index (χ0) is 24.8. The highest BCUT2D eigenvalue weighted by molar-refractivity contribution is 14.1. The van der Waals surface area contributed by atoms with Gasteiger partial charge in [-0.3, -0.25) is 14.4 Å². The molecule has 34 heavy (non-hydrogen) atoms. The molecule has 0 aromatic rings. The Morgan fingerprint density at radius 2 is 1.85 bits per heavy atom. The Hall–Kier alpha value is -1.57. The van der Waals surface area contributed by atoms with Crippen LogP contribution >= 0.6 is 34.4 Å². The molecule has 4 unspecified atom stereocenters. The van der Waals surface area contributed by atoms with Crippen LogP contribution in [0.4, 0.5) is 4.79 Å². The standard InChI is InChI=1S/C22H36IN5O5S/c23-13-19(31)26-15(21(32)25-11-5-6-12-29)7-3-4-10-24-18(30)9-2-1-8-17-20-16(14-34-17)27-22(33)28-20/h12,15-17,20H,1-11,13-14H2,(H,24,30)(H,25,32)(H,26,31)(H2,27,28,33). The molecule has 192 valence electrons. The maximum absolute atomic E-state index is 12.3. The fraction of sp³-hybridized carbons (Fsp3) is 0.773. The van der Waals surface area contributed by atoms with Crippen LogP contribution in [0.3, 0.4) is 0 Å². The van der Waals surface area contributed by atoms with E-state index in [2.05, 4.69) is 26.6 Å². The van der Waals surface area contributed by atoms with Crippen molar-refractivity contribution >= 4 is 64.4 Å². The van der Waals surface area contributed by atoms with Gasteiger partial charge in [-0.15, -0.1) is 0 Å². The molecule has 2 fully saturated rings. The van der Waals surface area contributed by atoms with Crippen molar-refractivity contribution in [3.05, 3.63) is 0 Å². The van der Waals surface area contributed by atoms with Crippen LogP contribution in [0.2, 0.25) is 0 Å². The van der Waals surface area contributed by atoms with Crippen LogP contribution in [-0.4, -0.2) is 76.7 Å². The second kappa shape index (κ2) is 16.2. The highest BCUT2D eigenvalue weighted by Crippen LogP contribution is 2.33. The first kappa shape index (κ1) is 28.7. The number of fused-ring (bicyclic) bond motifs is 1. The number of unbranched alkanes of at least 4 members (excludes halogenated alkanes) is 3. The van der Waals surface area contributed by atoms with E-state index in [1.54, 1.807) is 0 Å². The third-order valence-corrected chi connectivity index (χ3v) is 8.09. The highest BCUT2D eigenvalue weighted by atomic mass is 127. The Morgan fingerprint density at radius 1 is 1.06 bits per heavy atom. The minimum atomic E-state index is -0.609. The summed E-state index contributed by atoms with van der Waals surface area (Å²) >= 11 is 3.83. The lowest BCUT2D eigenvalue weighted by molar-refractivity contribution is -0.128. The maximum Gasteiger partial charge on any atom is 0.315 e. The molecule has 4 atom stereocenters. The van der Waals surface area contributed by atoms with E-state index >= 15 is 0 Å². The Bertz CT molecular complexity index is 713. The molecule has 0 aliphatic carbocycles. The minimum absolute atomic E-state index is 0.0236. The number of rotatable bonds is 17. The van der Waals surface area contributed by atoms with Gasteiger partial charge in [-0.1, -0.05) is 29.0 Å². The summed E-state index contributed by atoms with van der Waals surface area (Å²) in [4.78, 5) is 58.0. The quantitative estimate of drug-likeness (QED) is 0.0548. The summed E-state index contributed by atoms with van der Waals surface area (Å²) in [5.74, 6) is 0.530. The summed E-state index contributed by atoms with van der Waals surface area (Å²) in [6, 6.07) is -0.250. The first-order chi connectivity index (χ1) is 16.4. The van der Waals surface area contributed by atoms with E-state index in [9.17, 15) is 24.0 Å². The van der Waals surface area contributed by atoms with Gasteiger partial charge in [0, 0.05) is 36.9 Å². The van der Waals surface area contributed by atoms with Gasteiger partial charge in [0.1, 0.15) is 12.3 Å². The van der Waals surface area contributed by atoms with Crippen molar-refractivity contribution in [3.8, 4) is 0 Å². The first-order valence-corrected chi connectivity index (χ1v) is 14.5. The third-order valence-electron chi connectivity index (χ3n) is 5.89. The number of amides is 5. The lowest BCUT2D eigenvalue weighted by atomic mass is 10.0. The molecule has 5 amide bonds. The normalized spacial score (nSPS) is 21.7. The summed E-state index contributed by atoms with van der Waals surface area (Å²) in [5.41, 5.74) is 0. The van der Waals surface area contributed by atoms with Crippen molar-refractivity contribution < 1.29 is 24.0 Å². The van der Waals surface area contributed by atoms with Gasteiger partial charge in [-0.05, 0) is 38.5 Å². The number of carbonyl (C=O) groups is 5. The van der Waals surface area contributed by atoms with Gasteiger partial charge in [0.2, 0.25) is 17.7 Å². The molecule has 2 heterocycles. The molecule has 0 aromatic heterocycles. The van der Waals surface area contributed by atoms with E-state index < -0.39 is 6.04 Å². The molecule has 2 aliphatic rings. The Balaban J connectivity index is 1.54. The number of alkyl halides is 1. The topological polar surface area (TPSA) is 146 Å². The van der Waals surface area contributed by atoms with Gasteiger partial charge in [-0.2, -0.15) is 11.8 Å². The van der Waals surface area contributed by atoms with E-state index in [0.29, 0.717) is 50.4 Å². The molecule has 5 N–H and O–H groups in total. The fourth-order valence-corrected chi connectivity index (χ4v) is 5.85. The van der Waals surface area contributed by atoms with Crippen LogP contribution in [0.25, 0.3) is 0 Å². The summed E-state index contributed by atoms with van der Waals surface area (Å²) in [6.07, 6.45) is 6.91. The number of urea groups is 1. The van der Waals surface area contributed by atoms with Crippen LogP contribution in [0.15, 0.2) is 0 Å². The summed E-state index contributed by atoms with van der Waals surface area (Å²) < 4.78 is 0.273. The number of thioether (sulfide) groups is 1. The summed E-state index contributed by atoms with van der Waals surface area (Å²) in [5, 5.41) is 14.8. The lowest BCUT2D eigenvalue weighted by Crippen LogP contribution is -2.47. The first-order valence-electron chi connectivity index (χ1n) is 12.0. The monoisotopic (exact) mass is 609 g/mol. The minimum Gasteiger partial charge on any atom is -0.356 e. The van der Waals surface area contributed by atoms with Crippen LogP contribution in [0, 0.1) is 0 Å². The van der Waals surface area contributed by atoms with Crippen molar-refractivity contribution in [1.82, 2.24) is 26.6 Å². The van der Waals surface area contributed by atoms with E-state index in [-0.39, 0.29) is 40.3 Å². The average Bonchev–Trinajstić information content (AvgIpc) is 3.37. The molecule has 2 aliphatic heterocycles. The third kappa shape index (κ3) is 10.4. The van der Waals surface area contributed by atoms with Crippen molar-refractivity contribution in [1.29, 1.82) is 0 Å². The molecule has 12 heteroatoms. The number of carbonyl (C=O) groups excluding carboxylic acids is 5. The van der Waals surface area contributed by atoms with Crippen molar-refractivity contribution in [3.63, 3.8) is 0 Å².